The van der Waals surface area contributed by atoms with Crippen LogP contribution in [0.3, 0.4) is 0 Å². The van der Waals surface area contributed by atoms with Crippen molar-refractivity contribution in [1.29, 1.82) is 0 Å². The Kier molecular flexibility index (Phi) is 4.77. The fraction of sp³-hybridized carbons (Fsp3) is 0.462. The maximum absolute atomic E-state index is 13.6. The molecule has 1 aromatic rings. The van der Waals surface area contributed by atoms with E-state index >= 15 is 0 Å². The number of thiol groups is 1. The van der Waals surface area contributed by atoms with E-state index in [-0.39, 0.29) is 31.7 Å². The second kappa shape index (κ2) is 6.23. The van der Waals surface area contributed by atoms with Crippen molar-refractivity contribution < 1.29 is 22.4 Å². The van der Waals surface area contributed by atoms with Gasteiger partial charge in [-0.1, -0.05) is 0 Å². The minimum absolute atomic E-state index is 0.105. The summed E-state index contributed by atoms with van der Waals surface area (Å²) in [5, 5.41) is 0. The molecule has 0 N–H and O–H groups in total. The van der Waals surface area contributed by atoms with Crippen LogP contribution in [0.1, 0.15) is 10.4 Å². The third-order valence-corrected chi connectivity index (χ3v) is 3.52. The number of amides is 1. The minimum atomic E-state index is -4.25. The molecule has 0 spiro atoms. The van der Waals surface area contributed by atoms with Crippen molar-refractivity contribution in [1.82, 2.24) is 9.80 Å². The molecular formula is C13H14F4N2OS. The van der Waals surface area contributed by atoms with Crippen molar-refractivity contribution in [2.24, 2.45) is 0 Å². The van der Waals surface area contributed by atoms with Gasteiger partial charge in [-0.3, -0.25) is 9.69 Å². The largest absolute Gasteiger partial charge is 0.401 e. The Morgan fingerprint density at radius 3 is 2.38 bits per heavy atom. The highest BCUT2D eigenvalue weighted by Gasteiger charge is 2.33. The molecule has 3 nitrogen and oxygen atoms in total. The number of carbonyl (C=O) groups excluding carboxylic acids is 1. The molecule has 0 aliphatic carbocycles. The van der Waals surface area contributed by atoms with E-state index in [4.69, 9.17) is 0 Å². The van der Waals surface area contributed by atoms with Gasteiger partial charge in [0.05, 0.1) is 12.1 Å². The molecule has 0 unspecified atom stereocenters. The van der Waals surface area contributed by atoms with E-state index in [9.17, 15) is 22.4 Å². The van der Waals surface area contributed by atoms with Crippen molar-refractivity contribution in [3.05, 3.63) is 29.6 Å². The smallest absolute Gasteiger partial charge is 0.336 e. The summed E-state index contributed by atoms with van der Waals surface area (Å²) in [7, 11) is 0. The lowest BCUT2D eigenvalue weighted by molar-refractivity contribution is -0.148. The van der Waals surface area contributed by atoms with Gasteiger partial charge in [-0.25, -0.2) is 4.39 Å². The normalized spacial score (nSPS) is 17.1. The monoisotopic (exact) mass is 322 g/mol. The lowest BCUT2D eigenvalue weighted by Gasteiger charge is -2.35. The van der Waals surface area contributed by atoms with Gasteiger partial charge >= 0.3 is 6.18 Å². The molecule has 0 radical (unpaired) electrons. The zero-order chi connectivity index (χ0) is 15.6. The Hall–Kier alpha value is -1.28. The summed E-state index contributed by atoms with van der Waals surface area (Å²) in [5.74, 6) is -1.18. The number of piperazine rings is 1. The van der Waals surface area contributed by atoms with Crippen molar-refractivity contribution in [2.75, 3.05) is 32.7 Å². The van der Waals surface area contributed by atoms with Gasteiger partial charge in [-0.2, -0.15) is 13.2 Å². The van der Waals surface area contributed by atoms with Crippen LogP contribution in [0.4, 0.5) is 17.6 Å². The van der Waals surface area contributed by atoms with E-state index in [1.807, 2.05) is 0 Å². The number of hydrogen-bond acceptors (Lipinski definition) is 3. The summed E-state index contributed by atoms with van der Waals surface area (Å²) in [4.78, 5) is 15.2. The molecule has 8 heteroatoms. The highest BCUT2D eigenvalue weighted by molar-refractivity contribution is 7.80. The topological polar surface area (TPSA) is 23.6 Å². The highest BCUT2D eigenvalue weighted by Crippen LogP contribution is 2.19. The molecule has 1 aliphatic heterocycles. The Balaban J connectivity index is 1.99. The zero-order valence-electron chi connectivity index (χ0n) is 11.0. The lowest BCUT2D eigenvalue weighted by Crippen LogP contribution is -2.51. The fourth-order valence-electron chi connectivity index (χ4n) is 2.21. The molecule has 116 valence electrons. The third kappa shape index (κ3) is 4.34. The number of alkyl halides is 3. The first-order chi connectivity index (χ1) is 9.76. The van der Waals surface area contributed by atoms with Crippen LogP contribution < -0.4 is 0 Å². The van der Waals surface area contributed by atoms with Crippen LogP contribution in [0.15, 0.2) is 23.1 Å². The van der Waals surface area contributed by atoms with Gasteiger partial charge < -0.3 is 4.90 Å². The van der Waals surface area contributed by atoms with Crippen LogP contribution in [0.5, 0.6) is 0 Å². The average molecular weight is 322 g/mol. The summed E-state index contributed by atoms with van der Waals surface area (Å²) in [6, 6.07) is 3.90. The molecular weight excluding hydrogens is 308 g/mol. The maximum atomic E-state index is 13.6. The van der Waals surface area contributed by atoms with Gasteiger partial charge in [-0.15, -0.1) is 12.6 Å². The van der Waals surface area contributed by atoms with Gasteiger partial charge in [0, 0.05) is 31.1 Å². The molecule has 0 aromatic heterocycles. The molecule has 1 heterocycles. The standard InChI is InChI=1S/C13H14F4N2OS/c14-11-2-1-9(21)7-10(11)12(20)19-5-3-18(4-6-19)8-13(15,16)17/h1-2,7,21H,3-6,8H2. The molecule has 21 heavy (non-hydrogen) atoms. The summed E-state index contributed by atoms with van der Waals surface area (Å²) in [5.41, 5.74) is -0.105. The molecule has 1 aromatic carbocycles. The third-order valence-electron chi connectivity index (χ3n) is 3.24. The van der Waals surface area contributed by atoms with Gasteiger partial charge in [0.25, 0.3) is 5.91 Å². The van der Waals surface area contributed by atoms with Crippen LogP contribution in [0.25, 0.3) is 0 Å². The van der Waals surface area contributed by atoms with Gasteiger partial charge in [0.2, 0.25) is 0 Å². The number of halogens is 4. The molecule has 1 fully saturated rings. The Bertz CT molecular complexity index is 527. The number of nitrogens with zero attached hydrogens (tertiary/aromatic N) is 2. The van der Waals surface area contributed by atoms with E-state index < -0.39 is 24.4 Å². The van der Waals surface area contributed by atoms with Crippen molar-refractivity contribution in [3.8, 4) is 0 Å². The second-order valence-electron chi connectivity index (χ2n) is 4.85. The SMILES string of the molecule is O=C(c1cc(S)ccc1F)N1CCN(CC(F)(F)F)CC1. The van der Waals surface area contributed by atoms with E-state index in [1.165, 1.54) is 21.9 Å². The second-order valence-corrected chi connectivity index (χ2v) is 5.36. The zero-order valence-corrected chi connectivity index (χ0v) is 11.9. The van der Waals surface area contributed by atoms with Crippen LogP contribution in [-0.4, -0.2) is 54.6 Å². The number of carbonyl (C=O) groups is 1. The number of hydrogen-bond donors (Lipinski definition) is 1. The molecule has 1 saturated heterocycles. The number of benzene rings is 1. The summed E-state index contributed by atoms with van der Waals surface area (Å²) < 4.78 is 50.5. The van der Waals surface area contributed by atoms with Crippen molar-refractivity contribution >= 4 is 18.5 Å². The van der Waals surface area contributed by atoms with Gasteiger partial charge in [0.15, 0.2) is 0 Å². The quantitative estimate of drug-likeness (QED) is 0.668. The lowest BCUT2D eigenvalue weighted by atomic mass is 10.1. The maximum Gasteiger partial charge on any atom is 0.401 e. The van der Waals surface area contributed by atoms with Crippen LogP contribution in [0.2, 0.25) is 0 Å². The van der Waals surface area contributed by atoms with Crippen molar-refractivity contribution in [2.45, 2.75) is 11.1 Å². The van der Waals surface area contributed by atoms with Gasteiger partial charge in [0.1, 0.15) is 5.82 Å². The molecule has 0 bridgehead atoms. The summed E-state index contributed by atoms with van der Waals surface area (Å²) >= 11 is 4.05. The average Bonchev–Trinajstić information content (AvgIpc) is 2.40. The molecule has 0 atom stereocenters. The molecule has 0 saturated carbocycles. The minimum Gasteiger partial charge on any atom is -0.336 e. The Morgan fingerprint density at radius 2 is 1.81 bits per heavy atom. The number of rotatable bonds is 2. The fourth-order valence-corrected chi connectivity index (χ4v) is 2.41. The van der Waals surface area contributed by atoms with Gasteiger partial charge in [-0.05, 0) is 18.2 Å². The van der Waals surface area contributed by atoms with E-state index in [0.717, 1.165) is 6.07 Å². The van der Waals surface area contributed by atoms with E-state index in [0.29, 0.717) is 4.90 Å². The first-order valence-electron chi connectivity index (χ1n) is 6.33. The highest BCUT2D eigenvalue weighted by atomic mass is 32.1. The molecule has 1 amide bonds. The van der Waals surface area contributed by atoms with E-state index in [1.54, 1.807) is 0 Å². The predicted molar refractivity (Wildman–Crippen MR) is 72.1 cm³/mol. The van der Waals surface area contributed by atoms with Crippen LogP contribution >= 0.6 is 12.6 Å². The van der Waals surface area contributed by atoms with E-state index in [2.05, 4.69) is 12.6 Å². The summed E-state index contributed by atoms with van der Waals surface area (Å²) in [6.07, 6.45) is -4.25. The first kappa shape index (κ1) is 16.1. The Morgan fingerprint density at radius 1 is 1.19 bits per heavy atom. The summed E-state index contributed by atoms with van der Waals surface area (Å²) in [6.45, 7) is -0.466. The molecule has 2 rings (SSSR count). The van der Waals surface area contributed by atoms with Crippen molar-refractivity contribution in [3.63, 3.8) is 0 Å². The predicted octanol–water partition coefficient (Wildman–Crippen LogP) is 2.43. The van der Waals surface area contributed by atoms with Crippen LogP contribution in [0, 0.1) is 5.82 Å². The molecule has 1 aliphatic rings. The first-order valence-corrected chi connectivity index (χ1v) is 6.78. The van der Waals surface area contributed by atoms with Crippen LogP contribution in [-0.2, 0) is 0 Å². The Labute approximate surface area is 124 Å².